The molecule has 3 aliphatic rings. The van der Waals surface area contributed by atoms with Crippen molar-refractivity contribution < 1.29 is 9.59 Å². The number of fused-ring (bicyclic) bond motifs is 3. The van der Waals surface area contributed by atoms with Gasteiger partial charge < -0.3 is 5.32 Å². The van der Waals surface area contributed by atoms with E-state index in [0.29, 0.717) is 11.0 Å². The molecule has 2 amide bonds. The lowest BCUT2D eigenvalue weighted by Crippen LogP contribution is -2.42. The van der Waals surface area contributed by atoms with Gasteiger partial charge in [0, 0.05) is 11.6 Å². The van der Waals surface area contributed by atoms with E-state index in [1.165, 1.54) is 31.0 Å². The number of benzene rings is 1. The van der Waals surface area contributed by atoms with Crippen molar-refractivity contribution in [2.45, 2.75) is 64.0 Å². The number of amidine groups is 2. The average molecular weight is 399 g/mol. The summed E-state index contributed by atoms with van der Waals surface area (Å²) in [7, 11) is 0. The molecule has 0 radical (unpaired) electrons. The molecule has 1 aliphatic carbocycles. The van der Waals surface area contributed by atoms with Crippen LogP contribution >= 0.6 is 11.8 Å². The highest BCUT2D eigenvalue weighted by molar-refractivity contribution is 8.14. The van der Waals surface area contributed by atoms with Crippen LogP contribution in [-0.4, -0.2) is 45.6 Å². The predicted molar refractivity (Wildman–Crippen MR) is 113 cm³/mol. The summed E-state index contributed by atoms with van der Waals surface area (Å²) in [4.78, 5) is 36.3. The Morgan fingerprint density at radius 2 is 2.04 bits per heavy atom. The van der Waals surface area contributed by atoms with Gasteiger partial charge in [-0.15, -0.1) is 0 Å². The molecule has 28 heavy (non-hydrogen) atoms. The Balaban J connectivity index is 1.50. The minimum Gasteiger partial charge on any atom is -0.353 e. The Morgan fingerprint density at radius 1 is 1.25 bits per heavy atom. The van der Waals surface area contributed by atoms with E-state index in [1.807, 2.05) is 24.3 Å². The Labute approximate surface area is 169 Å². The Bertz CT molecular complexity index is 829. The standard InChI is InChI=1S/C21H26N4O2S/c1-2-8-17-20(27)25-19(23-17)15-11-6-7-12-16(15)24-21(25)28-13-18(26)22-14-9-4-3-5-10-14/h6-7,11-12,14,17H,2-5,8-10,13H2,1H3,(H,22,26)/t17-/m1/s1. The fourth-order valence-electron chi connectivity index (χ4n) is 4.01. The summed E-state index contributed by atoms with van der Waals surface area (Å²) in [6, 6.07) is 7.67. The molecule has 1 N–H and O–H groups in total. The van der Waals surface area contributed by atoms with Gasteiger partial charge in [-0.2, -0.15) is 0 Å². The third kappa shape index (κ3) is 3.85. The van der Waals surface area contributed by atoms with Crippen molar-refractivity contribution in [3.63, 3.8) is 0 Å². The topological polar surface area (TPSA) is 74.1 Å². The molecule has 0 bridgehead atoms. The first-order valence-corrected chi connectivity index (χ1v) is 11.2. The average Bonchev–Trinajstić information content (AvgIpc) is 3.04. The first kappa shape index (κ1) is 19.2. The molecule has 2 aliphatic heterocycles. The zero-order chi connectivity index (χ0) is 19.5. The summed E-state index contributed by atoms with van der Waals surface area (Å²) in [5.74, 6) is 0.899. The maximum absolute atomic E-state index is 12.9. The van der Waals surface area contributed by atoms with Crippen LogP contribution in [0.15, 0.2) is 34.3 Å². The van der Waals surface area contributed by atoms with E-state index < -0.39 is 0 Å². The fraction of sp³-hybridized carbons (Fsp3) is 0.524. The van der Waals surface area contributed by atoms with Gasteiger partial charge in [-0.3, -0.25) is 14.6 Å². The van der Waals surface area contributed by atoms with Gasteiger partial charge in [0.1, 0.15) is 11.9 Å². The summed E-state index contributed by atoms with van der Waals surface area (Å²) in [5, 5.41) is 3.68. The number of carbonyl (C=O) groups excluding carboxylic acids is 2. The van der Waals surface area contributed by atoms with Crippen molar-refractivity contribution in [2.75, 3.05) is 5.75 Å². The number of nitrogens with zero attached hydrogens (tertiary/aromatic N) is 3. The minimum absolute atomic E-state index is 0.00806. The molecule has 1 aromatic carbocycles. The first-order chi connectivity index (χ1) is 13.7. The third-order valence-electron chi connectivity index (χ3n) is 5.41. The minimum atomic E-state index is -0.354. The molecule has 0 spiro atoms. The third-order valence-corrected chi connectivity index (χ3v) is 6.35. The van der Waals surface area contributed by atoms with E-state index in [2.05, 4.69) is 17.2 Å². The summed E-state index contributed by atoms with van der Waals surface area (Å²) in [6.07, 6.45) is 7.36. The highest BCUT2D eigenvalue weighted by Gasteiger charge is 2.40. The number of carbonyl (C=O) groups is 2. The number of nitrogens with one attached hydrogen (secondary N) is 1. The molecule has 1 aromatic rings. The molecule has 0 unspecified atom stereocenters. The van der Waals surface area contributed by atoms with Gasteiger partial charge in [-0.25, -0.2) is 9.89 Å². The number of aliphatic imine (C=N–C) groups is 2. The van der Waals surface area contributed by atoms with Crippen molar-refractivity contribution in [3.8, 4) is 0 Å². The number of para-hydroxylation sites is 1. The largest absolute Gasteiger partial charge is 0.353 e. The van der Waals surface area contributed by atoms with E-state index in [9.17, 15) is 9.59 Å². The van der Waals surface area contributed by atoms with Crippen molar-refractivity contribution in [1.82, 2.24) is 10.2 Å². The molecule has 0 saturated heterocycles. The molecule has 0 aromatic heterocycles. The SMILES string of the molecule is CCC[C@H]1N=C2c3ccccc3N=C(SCC(=O)NC3CCCCC3)N2C1=O. The lowest BCUT2D eigenvalue weighted by molar-refractivity contribution is -0.124. The molecule has 4 rings (SSSR count). The van der Waals surface area contributed by atoms with E-state index in [-0.39, 0.29) is 29.7 Å². The highest BCUT2D eigenvalue weighted by atomic mass is 32.2. The molecule has 1 saturated carbocycles. The number of rotatable bonds is 5. The van der Waals surface area contributed by atoms with Crippen LogP contribution in [-0.2, 0) is 9.59 Å². The maximum Gasteiger partial charge on any atom is 0.259 e. The molecular formula is C21H26N4O2S. The van der Waals surface area contributed by atoms with E-state index >= 15 is 0 Å². The molecule has 1 fully saturated rings. The zero-order valence-corrected chi connectivity index (χ0v) is 17.0. The second kappa shape index (κ2) is 8.47. The van der Waals surface area contributed by atoms with Crippen LogP contribution in [0.5, 0.6) is 0 Å². The summed E-state index contributed by atoms with van der Waals surface area (Å²) in [6.45, 7) is 2.05. The van der Waals surface area contributed by atoms with E-state index in [1.54, 1.807) is 4.90 Å². The van der Waals surface area contributed by atoms with Gasteiger partial charge >= 0.3 is 0 Å². The zero-order valence-electron chi connectivity index (χ0n) is 16.2. The quantitative estimate of drug-likeness (QED) is 0.823. The van der Waals surface area contributed by atoms with Crippen molar-refractivity contribution >= 4 is 40.3 Å². The number of hydrogen-bond donors (Lipinski definition) is 1. The summed E-state index contributed by atoms with van der Waals surface area (Å²) < 4.78 is 0. The van der Waals surface area contributed by atoms with Crippen LogP contribution in [0, 0.1) is 0 Å². The molecule has 148 valence electrons. The smallest absolute Gasteiger partial charge is 0.259 e. The second-order valence-corrected chi connectivity index (χ2v) is 8.48. The summed E-state index contributed by atoms with van der Waals surface area (Å²) >= 11 is 1.32. The molecule has 1 atom stereocenters. The number of thioether (sulfide) groups is 1. The van der Waals surface area contributed by atoms with Gasteiger partial charge in [0.15, 0.2) is 5.17 Å². The fourth-order valence-corrected chi connectivity index (χ4v) is 4.82. The summed E-state index contributed by atoms with van der Waals surface area (Å²) in [5.41, 5.74) is 1.68. The van der Waals surface area contributed by atoms with Gasteiger partial charge in [-0.05, 0) is 31.4 Å². The van der Waals surface area contributed by atoms with E-state index in [0.717, 1.165) is 36.9 Å². The van der Waals surface area contributed by atoms with Gasteiger partial charge in [0.05, 0.1) is 11.4 Å². The molecule has 7 heteroatoms. The van der Waals surface area contributed by atoms with Crippen molar-refractivity contribution in [2.24, 2.45) is 9.98 Å². The Hall–Kier alpha value is -2.15. The Morgan fingerprint density at radius 3 is 2.82 bits per heavy atom. The van der Waals surface area contributed by atoms with Crippen LogP contribution in [0.25, 0.3) is 0 Å². The molecular weight excluding hydrogens is 372 g/mol. The number of amides is 2. The number of hydrogen-bond acceptors (Lipinski definition) is 5. The monoisotopic (exact) mass is 398 g/mol. The van der Waals surface area contributed by atoms with Crippen LogP contribution in [0.3, 0.4) is 0 Å². The van der Waals surface area contributed by atoms with Crippen LogP contribution in [0.2, 0.25) is 0 Å². The Kier molecular flexibility index (Phi) is 5.80. The maximum atomic E-state index is 12.9. The van der Waals surface area contributed by atoms with Gasteiger partial charge in [0.25, 0.3) is 5.91 Å². The lowest BCUT2D eigenvalue weighted by Gasteiger charge is -2.26. The van der Waals surface area contributed by atoms with Crippen molar-refractivity contribution in [3.05, 3.63) is 29.8 Å². The van der Waals surface area contributed by atoms with Crippen LogP contribution < -0.4 is 5.32 Å². The van der Waals surface area contributed by atoms with E-state index in [4.69, 9.17) is 4.99 Å². The second-order valence-electron chi connectivity index (χ2n) is 7.53. The normalized spacial score (nSPS) is 21.7. The first-order valence-electron chi connectivity index (χ1n) is 10.2. The molecule has 6 nitrogen and oxygen atoms in total. The van der Waals surface area contributed by atoms with Gasteiger partial charge in [-0.1, -0.05) is 56.5 Å². The van der Waals surface area contributed by atoms with Gasteiger partial charge in [0.2, 0.25) is 5.91 Å². The van der Waals surface area contributed by atoms with Crippen LogP contribution in [0.4, 0.5) is 5.69 Å². The lowest BCUT2D eigenvalue weighted by atomic mass is 9.95. The van der Waals surface area contributed by atoms with Crippen molar-refractivity contribution in [1.29, 1.82) is 0 Å². The van der Waals surface area contributed by atoms with Crippen LogP contribution in [0.1, 0.15) is 57.4 Å². The predicted octanol–water partition coefficient (Wildman–Crippen LogP) is 3.63. The molecule has 2 heterocycles. The highest BCUT2D eigenvalue weighted by Crippen LogP contribution is 2.34.